The van der Waals surface area contributed by atoms with E-state index in [9.17, 15) is 10.1 Å². The number of nitriles is 1. The molecule has 2 heterocycles. The first kappa shape index (κ1) is 19.4. The summed E-state index contributed by atoms with van der Waals surface area (Å²) in [4.78, 5) is 20.1. The number of furan rings is 1. The van der Waals surface area contributed by atoms with Gasteiger partial charge >= 0.3 is 0 Å². The third kappa shape index (κ3) is 4.37. The number of carbonyl (C=O) groups excluding carboxylic acids is 1. The molecule has 0 bridgehead atoms. The number of H-pyrrole nitrogens is 1. The van der Waals surface area contributed by atoms with Crippen LogP contribution in [0.4, 0.5) is 5.69 Å². The van der Waals surface area contributed by atoms with E-state index in [0.29, 0.717) is 27.4 Å². The van der Waals surface area contributed by atoms with Crippen LogP contribution in [0.5, 0.6) is 5.75 Å². The Morgan fingerprint density at radius 3 is 2.73 bits per heavy atom. The van der Waals surface area contributed by atoms with Gasteiger partial charge in [0.1, 0.15) is 23.2 Å². The van der Waals surface area contributed by atoms with Crippen molar-refractivity contribution in [1.29, 1.82) is 5.26 Å². The van der Waals surface area contributed by atoms with Gasteiger partial charge in [0.2, 0.25) is 0 Å². The molecule has 148 valence electrons. The van der Waals surface area contributed by atoms with Crippen LogP contribution < -0.4 is 10.1 Å². The van der Waals surface area contributed by atoms with Crippen molar-refractivity contribution in [2.45, 2.75) is 10.2 Å². The molecule has 4 rings (SSSR count). The first-order valence-corrected chi connectivity index (χ1v) is 9.76. The fourth-order valence-corrected chi connectivity index (χ4v) is 3.47. The Morgan fingerprint density at radius 2 is 2.00 bits per heavy atom. The maximum absolute atomic E-state index is 12.4. The molecule has 8 heteroatoms. The number of anilines is 1. The summed E-state index contributed by atoms with van der Waals surface area (Å²) >= 11 is 1.33. The van der Waals surface area contributed by atoms with Crippen molar-refractivity contribution in [2.75, 3.05) is 12.4 Å². The fourth-order valence-electron chi connectivity index (χ4n) is 2.70. The van der Waals surface area contributed by atoms with Crippen molar-refractivity contribution in [1.82, 2.24) is 9.97 Å². The van der Waals surface area contributed by atoms with Gasteiger partial charge in [-0.15, -0.1) is 0 Å². The predicted molar refractivity (Wildman–Crippen MR) is 114 cm³/mol. The maximum Gasteiger partial charge on any atom is 0.266 e. The third-order valence-electron chi connectivity index (χ3n) is 4.17. The van der Waals surface area contributed by atoms with Crippen LogP contribution in [0.15, 0.2) is 80.9 Å². The van der Waals surface area contributed by atoms with E-state index in [4.69, 9.17) is 9.15 Å². The van der Waals surface area contributed by atoms with E-state index in [0.717, 1.165) is 11.0 Å². The highest BCUT2D eigenvalue weighted by molar-refractivity contribution is 7.99. The summed E-state index contributed by atoms with van der Waals surface area (Å²) in [6.07, 6.45) is 1.40. The second-order valence-corrected chi connectivity index (χ2v) is 7.16. The minimum atomic E-state index is -0.523. The van der Waals surface area contributed by atoms with E-state index in [2.05, 4.69) is 15.3 Å². The van der Waals surface area contributed by atoms with Gasteiger partial charge in [-0.2, -0.15) is 5.26 Å². The Labute approximate surface area is 176 Å². The van der Waals surface area contributed by atoms with Gasteiger partial charge in [-0.05, 0) is 60.3 Å². The van der Waals surface area contributed by atoms with Crippen molar-refractivity contribution < 1.29 is 13.9 Å². The van der Waals surface area contributed by atoms with E-state index in [1.165, 1.54) is 17.8 Å². The number of hydrogen-bond acceptors (Lipinski definition) is 6. The smallest absolute Gasteiger partial charge is 0.266 e. The molecule has 1 amide bonds. The first-order valence-electron chi connectivity index (χ1n) is 8.94. The molecule has 0 fully saturated rings. The lowest BCUT2D eigenvalue weighted by molar-refractivity contribution is -0.112. The minimum Gasteiger partial charge on any atom is -0.497 e. The normalized spacial score (nSPS) is 11.3. The molecule has 0 spiro atoms. The summed E-state index contributed by atoms with van der Waals surface area (Å²) in [5.74, 6) is 0.551. The molecule has 0 aliphatic carbocycles. The van der Waals surface area contributed by atoms with Gasteiger partial charge in [0, 0.05) is 11.8 Å². The molecule has 0 radical (unpaired) electrons. The summed E-state index contributed by atoms with van der Waals surface area (Å²) in [5, 5.41) is 13.3. The number of nitrogens with one attached hydrogen (secondary N) is 2. The van der Waals surface area contributed by atoms with Gasteiger partial charge in [-0.3, -0.25) is 4.79 Å². The lowest BCUT2D eigenvalue weighted by Gasteiger charge is -2.05. The fraction of sp³-hybridized carbons (Fsp3) is 0.0455. The Hall–Kier alpha value is -3.96. The second-order valence-electron chi connectivity index (χ2n) is 6.17. The Morgan fingerprint density at radius 1 is 1.20 bits per heavy atom. The quantitative estimate of drug-likeness (QED) is 0.344. The van der Waals surface area contributed by atoms with Crippen LogP contribution in [0.25, 0.3) is 17.1 Å². The topological polar surface area (TPSA) is 104 Å². The lowest BCUT2D eigenvalue weighted by atomic mass is 10.2. The number of ether oxygens (including phenoxy) is 1. The second kappa shape index (κ2) is 8.59. The summed E-state index contributed by atoms with van der Waals surface area (Å²) in [6.45, 7) is 0. The van der Waals surface area contributed by atoms with Gasteiger partial charge in [0.15, 0.2) is 10.2 Å². The molecule has 0 saturated heterocycles. The Bertz CT molecular complexity index is 1230. The zero-order valence-corrected chi connectivity index (χ0v) is 16.7. The van der Waals surface area contributed by atoms with Crippen LogP contribution in [0.3, 0.4) is 0 Å². The van der Waals surface area contributed by atoms with Gasteiger partial charge in [-0.25, -0.2) is 4.98 Å². The number of para-hydroxylation sites is 2. The number of rotatable bonds is 6. The van der Waals surface area contributed by atoms with Crippen molar-refractivity contribution in [3.05, 3.63) is 72.0 Å². The molecular weight excluding hydrogens is 400 g/mol. The lowest BCUT2D eigenvalue weighted by Crippen LogP contribution is -2.13. The summed E-state index contributed by atoms with van der Waals surface area (Å²) in [5.41, 5.74) is 2.30. The summed E-state index contributed by atoms with van der Waals surface area (Å²) < 4.78 is 10.8. The van der Waals surface area contributed by atoms with E-state index in [-0.39, 0.29) is 5.57 Å². The monoisotopic (exact) mass is 416 g/mol. The summed E-state index contributed by atoms with van der Waals surface area (Å²) in [6, 6.07) is 19.9. The molecule has 0 unspecified atom stereocenters. The van der Waals surface area contributed by atoms with E-state index in [1.807, 2.05) is 30.3 Å². The number of amides is 1. The average Bonchev–Trinajstić information content (AvgIpc) is 3.38. The number of methoxy groups -OCH3 is 1. The highest BCUT2D eigenvalue weighted by Gasteiger charge is 2.12. The van der Waals surface area contributed by atoms with Crippen molar-refractivity contribution >= 4 is 40.5 Å². The number of aromatic nitrogens is 2. The SMILES string of the molecule is COc1ccc(NC(=O)/C(C#N)=C\c2ccc(Sc3nc4ccccc4[nH]3)o2)cc1. The predicted octanol–water partition coefficient (Wildman–Crippen LogP) is 4.86. The maximum atomic E-state index is 12.4. The van der Waals surface area contributed by atoms with E-state index < -0.39 is 5.91 Å². The number of benzene rings is 2. The van der Waals surface area contributed by atoms with Crippen molar-refractivity contribution in [3.63, 3.8) is 0 Å². The first-order chi connectivity index (χ1) is 14.6. The molecule has 2 aromatic heterocycles. The number of nitrogens with zero attached hydrogens (tertiary/aromatic N) is 2. The van der Waals surface area contributed by atoms with Gasteiger partial charge in [-0.1, -0.05) is 12.1 Å². The van der Waals surface area contributed by atoms with Crippen LogP contribution in [-0.2, 0) is 4.79 Å². The highest BCUT2D eigenvalue weighted by Crippen LogP contribution is 2.29. The molecule has 30 heavy (non-hydrogen) atoms. The van der Waals surface area contributed by atoms with Crippen molar-refractivity contribution in [3.8, 4) is 11.8 Å². The summed E-state index contributed by atoms with van der Waals surface area (Å²) in [7, 11) is 1.56. The highest BCUT2D eigenvalue weighted by atomic mass is 32.2. The number of imidazole rings is 1. The van der Waals surface area contributed by atoms with Crippen LogP contribution in [-0.4, -0.2) is 23.0 Å². The molecule has 0 aliphatic rings. The zero-order chi connectivity index (χ0) is 20.9. The molecule has 4 aromatic rings. The molecule has 2 N–H and O–H groups in total. The molecular formula is C22H16N4O3S. The number of fused-ring (bicyclic) bond motifs is 1. The Balaban J connectivity index is 1.46. The number of carbonyl (C=O) groups is 1. The number of aromatic amines is 1. The van der Waals surface area contributed by atoms with Gasteiger partial charge < -0.3 is 19.5 Å². The average molecular weight is 416 g/mol. The standard InChI is InChI=1S/C22H16N4O3S/c1-28-16-8-6-15(7-9-16)24-21(27)14(13-23)12-17-10-11-20(29-17)30-22-25-18-4-2-3-5-19(18)26-22/h2-12H,1H3,(H,24,27)(H,25,26)/b14-12-. The Kier molecular flexibility index (Phi) is 5.54. The van der Waals surface area contributed by atoms with Crippen LogP contribution in [0.2, 0.25) is 0 Å². The van der Waals surface area contributed by atoms with E-state index >= 15 is 0 Å². The third-order valence-corrected chi connectivity index (χ3v) is 4.97. The molecule has 7 nitrogen and oxygen atoms in total. The van der Waals surface area contributed by atoms with Gasteiger partial charge in [0.05, 0.1) is 18.1 Å². The van der Waals surface area contributed by atoms with Crippen LogP contribution >= 0.6 is 11.8 Å². The van der Waals surface area contributed by atoms with Gasteiger partial charge in [0.25, 0.3) is 5.91 Å². The van der Waals surface area contributed by atoms with Crippen LogP contribution in [0.1, 0.15) is 5.76 Å². The largest absolute Gasteiger partial charge is 0.497 e. The zero-order valence-electron chi connectivity index (χ0n) is 15.9. The minimum absolute atomic E-state index is 0.0690. The van der Waals surface area contributed by atoms with Crippen LogP contribution in [0, 0.1) is 11.3 Å². The molecule has 2 aromatic carbocycles. The molecule has 0 atom stereocenters. The van der Waals surface area contributed by atoms with E-state index in [1.54, 1.807) is 43.5 Å². The molecule has 0 aliphatic heterocycles. The molecule has 0 saturated carbocycles. The number of hydrogen-bond donors (Lipinski definition) is 2. The van der Waals surface area contributed by atoms with Crippen molar-refractivity contribution in [2.24, 2.45) is 0 Å².